The molecular weight excluding hydrogens is 516 g/mol. The van der Waals surface area contributed by atoms with Crippen LogP contribution in [-0.2, 0) is 27.2 Å². The lowest BCUT2D eigenvalue weighted by molar-refractivity contribution is -0.143. The fraction of sp³-hybridized carbons (Fsp3) is 0.200. The van der Waals surface area contributed by atoms with Crippen LogP contribution in [0.4, 0.5) is 5.13 Å². The lowest BCUT2D eigenvalue weighted by Gasteiger charge is -2.21. The molecule has 0 aliphatic rings. The monoisotopic (exact) mass is 544 g/mol. The molecule has 200 valence electrons. The number of aliphatic carboxylic acids is 2. The van der Waals surface area contributed by atoms with Gasteiger partial charge in [0.05, 0.1) is 18.0 Å². The number of carbonyl (C=O) groups is 3. The maximum absolute atomic E-state index is 13.4. The molecule has 1 amide bonds. The van der Waals surface area contributed by atoms with Crippen LogP contribution in [0.1, 0.15) is 17.7 Å². The van der Waals surface area contributed by atoms with Gasteiger partial charge >= 0.3 is 11.9 Å². The molecule has 0 aliphatic heterocycles. The van der Waals surface area contributed by atoms with Crippen molar-refractivity contribution < 1.29 is 29.3 Å². The Balaban J connectivity index is 1.51. The van der Waals surface area contributed by atoms with Crippen LogP contribution < -0.4 is 10.1 Å². The first-order valence-corrected chi connectivity index (χ1v) is 13.3. The van der Waals surface area contributed by atoms with Crippen LogP contribution in [-0.4, -0.2) is 39.6 Å². The number of carbonyl (C=O) groups excluding carboxylic acids is 1. The number of nitrogens with zero attached hydrogens (tertiary/aromatic N) is 1. The average molecular weight is 545 g/mol. The van der Waals surface area contributed by atoms with Crippen molar-refractivity contribution in [2.24, 2.45) is 11.8 Å². The second-order valence-electron chi connectivity index (χ2n) is 9.06. The van der Waals surface area contributed by atoms with Crippen LogP contribution >= 0.6 is 11.3 Å². The number of carboxylic acid groups (broad SMARTS) is 2. The Morgan fingerprint density at radius 3 is 2.13 bits per heavy atom. The summed E-state index contributed by atoms with van der Waals surface area (Å²) in [5.41, 5.74) is 3.33. The molecular formula is C30H28N2O6S. The van der Waals surface area contributed by atoms with Crippen LogP contribution in [0.25, 0.3) is 11.1 Å². The van der Waals surface area contributed by atoms with E-state index in [0.29, 0.717) is 17.9 Å². The van der Waals surface area contributed by atoms with E-state index in [-0.39, 0.29) is 30.5 Å². The molecule has 0 saturated heterocycles. The minimum absolute atomic E-state index is 0.0434. The predicted molar refractivity (Wildman–Crippen MR) is 149 cm³/mol. The molecule has 4 aromatic rings. The Morgan fingerprint density at radius 1 is 0.846 bits per heavy atom. The largest absolute Gasteiger partial charge is 0.493 e. The summed E-state index contributed by atoms with van der Waals surface area (Å²) in [6, 6.07) is 26.7. The average Bonchev–Trinajstić information content (AvgIpc) is 3.37. The molecule has 0 aliphatic carbocycles. The van der Waals surface area contributed by atoms with Gasteiger partial charge in [-0.15, -0.1) is 11.3 Å². The predicted octanol–water partition coefficient (Wildman–Crippen LogP) is 5.40. The molecule has 0 radical (unpaired) electrons. The van der Waals surface area contributed by atoms with Gasteiger partial charge in [-0.2, -0.15) is 0 Å². The van der Waals surface area contributed by atoms with Gasteiger partial charge in [0.15, 0.2) is 5.13 Å². The van der Waals surface area contributed by atoms with Crippen LogP contribution in [0.2, 0.25) is 0 Å². The third-order valence-corrected chi connectivity index (χ3v) is 6.95. The van der Waals surface area contributed by atoms with Crippen molar-refractivity contribution in [1.29, 1.82) is 0 Å². The molecule has 0 spiro atoms. The topological polar surface area (TPSA) is 126 Å². The SMILES string of the molecule is O=C(O)Cc1csc(NC(=O)[C@@H](Cc2ccc(-c3ccccc3)cc2)CC(COc2ccccc2)C(=O)O)n1. The number of rotatable bonds is 13. The summed E-state index contributed by atoms with van der Waals surface area (Å²) in [5, 5.41) is 23.5. The summed E-state index contributed by atoms with van der Waals surface area (Å²) in [5.74, 6) is -3.53. The molecule has 3 N–H and O–H groups in total. The normalized spacial score (nSPS) is 12.3. The minimum atomic E-state index is -1.05. The number of nitrogens with one attached hydrogen (secondary N) is 1. The molecule has 3 aromatic carbocycles. The van der Waals surface area contributed by atoms with Gasteiger partial charge in [-0.05, 0) is 41.7 Å². The zero-order chi connectivity index (χ0) is 27.6. The summed E-state index contributed by atoms with van der Waals surface area (Å²) < 4.78 is 5.71. The molecule has 2 atom stereocenters. The molecule has 1 heterocycles. The third kappa shape index (κ3) is 8.24. The van der Waals surface area contributed by atoms with E-state index in [1.807, 2.05) is 60.7 Å². The zero-order valence-electron chi connectivity index (χ0n) is 21.0. The lowest BCUT2D eigenvalue weighted by atomic mass is 9.88. The first-order valence-electron chi connectivity index (χ1n) is 12.4. The number of hydrogen-bond donors (Lipinski definition) is 3. The zero-order valence-corrected chi connectivity index (χ0v) is 21.8. The molecule has 4 rings (SSSR count). The van der Waals surface area contributed by atoms with Crippen molar-refractivity contribution in [1.82, 2.24) is 4.98 Å². The van der Waals surface area contributed by atoms with Gasteiger partial charge in [-0.25, -0.2) is 4.98 Å². The van der Waals surface area contributed by atoms with Crippen molar-refractivity contribution in [3.63, 3.8) is 0 Å². The summed E-state index contributed by atoms with van der Waals surface area (Å²) in [7, 11) is 0. The van der Waals surface area contributed by atoms with E-state index in [0.717, 1.165) is 28.0 Å². The first kappa shape index (κ1) is 27.5. The molecule has 1 aromatic heterocycles. The summed E-state index contributed by atoms with van der Waals surface area (Å²) in [6.45, 7) is -0.0872. The van der Waals surface area contributed by atoms with E-state index in [2.05, 4.69) is 10.3 Å². The van der Waals surface area contributed by atoms with E-state index >= 15 is 0 Å². The molecule has 0 bridgehead atoms. The Bertz CT molecular complexity index is 1390. The number of carboxylic acids is 2. The maximum Gasteiger partial charge on any atom is 0.309 e. The van der Waals surface area contributed by atoms with Gasteiger partial charge < -0.3 is 20.3 Å². The van der Waals surface area contributed by atoms with E-state index in [4.69, 9.17) is 9.84 Å². The number of benzene rings is 3. The number of ether oxygens (including phenoxy) is 1. The van der Waals surface area contributed by atoms with Crippen LogP contribution in [0.3, 0.4) is 0 Å². The number of amides is 1. The highest BCUT2D eigenvalue weighted by Gasteiger charge is 2.29. The summed E-state index contributed by atoms with van der Waals surface area (Å²) in [6.07, 6.45) is 0.104. The molecule has 9 heteroatoms. The van der Waals surface area contributed by atoms with Crippen molar-refractivity contribution in [3.05, 3.63) is 102 Å². The van der Waals surface area contributed by atoms with Gasteiger partial charge in [0, 0.05) is 11.3 Å². The third-order valence-electron chi connectivity index (χ3n) is 6.14. The highest BCUT2D eigenvalue weighted by Crippen LogP contribution is 2.25. The first-order chi connectivity index (χ1) is 18.9. The number of anilines is 1. The smallest absolute Gasteiger partial charge is 0.309 e. The molecule has 0 fully saturated rings. The van der Waals surface area contributed by atoms with Crippen LogP contribution in [0, 0.1) is 11.8 Å². The van der Waals surface area contributed by atoms with Crippen molar-refractivity contribution in [2.45, 2.75) is 19.3 Å². The summed E-state index contributed by atoms with van der Waals surface area (Å²) in [4.78, 5) is 40.7. The fourth-order valence-corrected chi connectivity index (χ4v) is 4.85. The van der Waals surface area contributed by atoms with Crippen LogP contribution in [0.5, 0.6) is 5.75 Å². The Kier molecular flexibility index (Phi) is 9.42. The quantitative estimate of drug-likeness (QED) is 0.206. The molecule has 39 heavy (non-hydrogen) atoms. The van der Waals surface area contributed by atoms with Gasteiger partial charge in [0.2, 0.25) is 5.91 Å². The highest BCUT2D eigenvalue weighted by atomic mass is 32.1. The summed E-state index contributed by atoms with van der Waals surface area (Å²) >= 11 is 1.13. The van der Waals surface area contributed by atoms with Gasteiger partial charge in [0.1, 0.15) is 12.4 Å². The number of thiazole rings is 1. The fourth-order valence-electron chi connectivity index (χ4n) is 4.14. The van der Waals surface area contributed by atoms with Crippen molar-refractivity contribution in [2.75, 3.05) is 11.9 Å². The van der Waals surface area contributed by atoms with E-state index in [1.165, 1.54) is 0 Å². The van der Waals surface area contributed by atoms with Crippen LogP contribution in [0.15, 0.2) is 90.3 Å². The number of aromatic nitrogens is 1. The molecule has 1 unspecified atom stereocenters. The molecule has 8 nitrogen and oxygen atoms in total. The second-order valence-corrected chi connectivity index (χ2v) is 9.92. The number of hydrogen-bond acceptors (Lipinski definition) is 6. The Morgan fingerprint density at radius 2 is 1.49 bits per heavy atom. The van der Waals surface area contributed by atoms with E-state index in [9.17, 15) is 19.5 Å². The second kappa shape index (κ2) is 13.3. The molecule has 0 saturated carbocycles. The standard InChI is InChI=1S/C30H28N2O6S/c33-27(34)17-25-19-39-30(31-25)32-28(35)23(16-24(29(36)37)18-38-26-9-5-2-6-10-26)15-20-11-13-22(14-12-20)21-7-3-1-4-8-21/h1-14,19,23-24H,15-18H2,(H,33,34)(H,36,37)(H,31,32,35)/t23-,24?/m0/s1. The highest BCUT2D eigenvalue weighted by molar-refractivity contribution is 7.13. The van der Waals surface area contributed by atoms with Gasteiger partial charge in [-0.3, -0.25) is 14.4 Å². The van der Waals surface area contributed by atoms with E-state index in [1.54, 1.807) is 29.6 Å². The van der Waals surface area contributed by atoms with Gasteiger partial charge in [-0.1, -0.05) is 72.8 Å². The maximum atomic E-state index is 13.4. The van der Waals surface area contributed by atoms with E-state index < -0.39 is 23.8 Å². The van der Waals surface area contributed by atoms with Gasteiger partial charge in [0.25, 0.3) is 0 Å². The van der Waals surface area contributed by atoms with Crippen molar-refractivity contribution >= 4 is 34.3 Å². The minimum Gasteiger partial charge on any atom is -0.493 e. The van der Waals surface area contributed by atoms with Crippen molar-refractivity contribution in [3.8, 4) is 16.9 Å². The number of para-hydroxylation sites is 1. The Hall–Kier alpha value is -4.50. The lowest BCUT2D eigenvalue weighted by Crippen LogP contribution is -2.31. The Labute approximate surface area is 229 Å².